The number of rotatable bonds is 1. The number of hydrogen-bond donors (Lipinski definition) is 1. The lowest BCUT2D eigenvalue weighted by molar-refractivity contribution is -0.137. The maximum atomic E-state index is 13.1. The fourth-order valence-corrected chi connectivity index (χ4v) is 1.95. The van der Waals surface area contributed by atoms with Gasteiger partial charge in [-0.1, -0.05) is 0 Å². The molecule has 21 heavy (non-hydrogen) atoms. The number of hydrogen-bond acceptors (Lipinski definition) is 3. The lowest BCUT2D eigenvalue weighted by atomic mass is 10.1. The maximum Gasteiger partial charge on any atom is 0.416 e. The van der Waals surface area contributed by atoms with Crippen LogP contribution >= 0.6 is 0 Å². The smallest absolute Gasteiger partial charge is 0.416 e. The first-order valence-corrected chi connectivity index (χ1v) is 5.88. The predicted molar refractivity (Wildman–Crippen MR) is 68.8 cm³/mol. The molecule has 0 bridgehead atoms. The number of aromatic nitrogens is 1. The highest BCUT2D eigenvalue weighted by Crippen LogP contribution is 2.35. The summed E-state index contributed by atoms with van der Waals surface area (Å²) in [4.78, 5) is 4.03. The summed E-state index contributed by atoms with van der Waals surface area (Å²) in [7, 11) is 0. The van der Waals surface area contributed by atoms with Crippen molar-refractivity contribution in [2.75, 3.05) is 5.73 Å². The van der Waals surface area contributed by atoms with Gasteiger partial charge in [0, 0.05) is 11.8 Å². The molecule has 0 aliphatic rings. The molecule has 3 nitrogen and oxygen atoms in total. The number of alkyl halides is 3. The van der Waals surface area contributed by atoms with Crippen LogP contribution in [0.1, 0.15) is 5.56 Å². The molecule has 1 heterocycles. The summed E-state index contributed by atoms with van der Waals surface area (Å²) in [5.74, 6) is -0.440. The summed E-state index contributed by atoms with van der Waals surface area (Å²) in [6.45, 7) is 0. The number of halogens is 4. The van der Waals surface area contributed by atoms with Crippen LogP contribution in [0.4, 0.5) is 23.2 Å². The first-order chi connectivity index (χ1) is 9.84. The molecule has 0 saturated carbocycles. The molecule has 0 unspecified atom stereocenters. The van der Waals surface area contributed by atoms with Crippen molar-refractivity contribution in [2.45, 2.75) is 6.18 Å². The number of oxazole rings is 1. The van der Waals surface area contributed by atoms with Crippen molar-refractivity contribution in [3.63, 3.8) is 0 Å². The lowest BCUT2D eigenvalue weighted by Crippen LogP contribution is -2.06. The number of benzene rings is 2. The van der Waals surface area contributed by atoms with Gasteiger partial charge in [0.15, 0.2) is 5.58 Å². The Balaban J connectivity index is 2.10. The molecule has 3 aromatic rings. The molecule has 1 aromatic heterocycles. The minimum Gasteiger partial charge on any atom is -0.436 e. The van der Waals surface area contributed by atoms with Gasteiger partial charge in [0.05, 0.1) is 11.1 Å². The van der Waals surface area contributed by atoms with E-state index in [1.165, 1.54) is 24.3 Å². The Morgan fingerprint density at radius 1 is 1.05 bits per heavy atom. The van der Waals surface area contributed by atoms with Crippen molar-refractivity contribution in [3.05, 3.63) is 47.8 Å². The van der Waals surface area contributed by atoms with E-state index in [1.54, 1.807) is 0 Å². The van der Waals surface area contributed by atoms with Crippen molar-refractivity contribution in [1.82, 2.24) is 4.98 Å². The van der Waals surface area contributed by atoms with E-state index < -0.39 is 17.6 Å². The SMILES string of the molecule is Nc1cc(C(F)(F)F)ccc1-c1nc2cc(F)ccc2o1. The van der Waals surface area contributed by atoms with E-state index in [0.717, 1.165) is 12.1 Å². The molecule has 2 N–H and O–H groups in total. The highest BCUT2D eigenvalue weighted by Gasteiger charge is 2.31. The van der Waals surface area contributed by atoms with Gasteiger partial charge in [-0.15, -0.1) is 0 Å². The van der Waals surface area contributed by atoms with Crippen LogP contribution in [0.15, 0.2) is 40.8 Å². The van der Waals surface area contributed by atoms with Crippen molar-refractivity contribution in [2.24, 2.45) is 0 Å². The van der Waals surface area contributed by atoms with Crippen molar-refractivity contribution >= 4 is 16.8 Å². The third-order valence-electron chi connectivity index (χ3n) is 2.96. The van der Waals surface area contributed by atoms with Crippen LogP contribution in [0.3, 0.4) is 0 Å². The van der Waals surface area contributed by atoms with Crippen molar-refractivity contribution in [1.29, 1.82) is 0 Å². The summed E-state index contributed by atoms with van der Waals surface area (Å²) < 4.78 is 56.2. The Kier molecular flexibility index (Phi) is 2.86. The Morgan fingerprint density at radius 3 is 2.48 bits per heavy atom. The first-order valence-electron chi connectivity index (χ1n) is 5.88. The van der Waals surface area contributed by atoms with Gasteiger partial charge in [0.1, 0.15) is 11.3 Å². The summed E-state index contributed by atoms with van der Waals surface area (Å²) in [5.41, 5.74) is 5.47. The molecule has 0 spiro atoms. The molecule has 0 fully saturated rings. The van der Waals surface area contributed by atoms with Crippen LogP contribution < -0.4 is 5.73 Å². The monoisotopic (exact) mass is 296 g/mol. The zero-order valence-corrected chi connectivity index (χ0v) is 10.4. The van der Waals surface area contributed by atoms with E-state index in [4.69, 9.17) is 10.2 Å². The van der Waals surface area contributed by atoms with Gasteiger partial charge >= 0.3 is 6.18 Å². The van der Waals surface area contributed by atoms with Gasteiger partial charge in [-0.25, -0.2) is 9.37 Å². The van der Waals surface area contributed by atoms with Gasteiger partial charge in [-0.2, -0.15) is 13.2 Å². The van der Waals surface area contributed by atoms with Gasteiger partial charge in [0.25, 0.3) is 0 Å². The summed E-state index contributed by atoms with van der Waals surface area (Å²) >= 11 is 0. The molecule has 0 saturated heterocycles. The van der Waals surface area contributed by atoms with Crippen LogP contribution in [0.5, 0.6) is 0 Å². The highest BCUT2D eigenvalue weighted by molar-refractivity contribution is 5.79. The van der Waals surface area contributed by atoms with Crippen molar-refractivity contribution in [3.8, 4) is 11.5 Å². The fourth-order valence-electron chi connectivity index (χ4n) is 1.95. The molecule has 7 heteroatoms. The van der Waals surface area contributed by atoms with E-state index in [-0.39, 0.29) is 22.7 Å². The molecular weight excluding hydrogens is 288 g/mol. The maximum absolute atomic E-state index is 13.1. The average molecular weight is 296 g/mol. The van der Waals surface area contributed by atoms with E-state index in [1.807, 2.05) is 0 Å². The molecule has 0 amide bonds. The van der Waals surface area contributed by atoms with Gasteiger partial charge in [-0.3, -0.25) is 0 Å². The second-order valence-electron chi connectivity index (χ2n) is 4.43. The number of nitrogens with two attached hydrogens (primary N) is 1. The molecular formula is C14H8F4N2O. The standard InChI is InChI=1S/C14H8F4N2O/c15-8-2-4-12-11(6-8)20-13(21-12)9-3-1-7(5-10(9)19)14(16,17)18/h1-6H,19H2. The van der Waals surface area contributed by atoms with Crippen LogP contribution in [0.2, 0.25) is 0 Å². The summed E-state index contributed by atoms with van der Waals surface area (Å²) in [5, 5.41) is 0. The molecule has 0 aliphatic carbocycles. The van der Waals surface area contributed by atoms with E-state index in [2.05, 4.69) is 4.98 Å². The number of fused-ring (bicyclic) bond motifs is 1. The summed E-state index contributed by atoms with van der Waals surface area (Å²) in [6.07, 6.45) is -4.48. The predicted octanol–water partition coefficient (Wildman–Crippen LogP) is 4.23. The summed E-state index contributed by atoms with van der Waals surface area (Å²) in [6, 6.07) is 6.64. The number of nitrogen functional groups attached to an aromatic ring is 1. The van der Waals surface area contributed by atoms with Gasteiger partial charge in [0.2, 0.25) is 5.89 Å². The zero-order chi connectivity index (χ0) is 15.2. The second-order valence-corrected chi connectivity index (χ2v) is 4.43. The Hall–Kier alpha value is -2.57. The van der Waals surface area contributed by atoms with E-state index in [9.17, 15) is 17.6 Å². The molecule has 2 aromatic carbocycles. The third-order valence-corrected chi connectivity index (χ3v) is 2.96. The minimum absolute atomic E-state index is 0.0434. The second kappa shape index (κ2) is 4.47. The normalized spacial score (nSPS) is 12.0. The van der Waals surface area contributed by atoms with Crippen LogP contribution in [-0.2, 0) is 6.18 Å². The highest BCUT2D eigenvalue weighted by atomic mass is 19.4. The number of anilines is 1. The largest absolute Gasteiger partial charge is 0.436 e. The van der Waals surface area contributed by atoms with Gasteiger partial charge in [-0.05, 0) is 30.3 Å². The van der Waals surface area contributed by atoms with Crippen LogP contribution in [-0.4, -0.2) is 4.98 Å². The van der Waals surface area contributed by atoms with E-state index in [0.29, 0.717) is 5.58 Å². The zero-order valence-electron chi connectivity index (χ0n) is 10.4. The lowest BCUT2D eigenvalue weighted by Gasteiger charge is -2.08. The Labute approximate surface area is 116 Å². The Morgan fingerprint density at radius 2 is 1.81 bits per heavy atom. The average Bonchev–Trinajstić information content (AvgIpc) is 2.80. The van der Waals surface area contributed by atoms with Crippen LogP contribution in [0, 0.1) is 5.82 Å². The molecule has 108 valence electrons. The molecule has 0 radical (unpaired) electrons. The molecule has 0 aliphatic heterocycles. The first kappa shape index (κ1) is 13.4. The number of nitrogens with zero attached hydrogens (tertiary/aromatic N) is 1. The fraction of sp³-hybridized carbons (Fsp3) is 0.0714. The van der Waals surface area contributed by atoms with Gasteiger partial charge < -0.3 is 10.2 Å². The molecule has 0 atom stereocenters. The quantitative estimate of drug-likeness (QED) is 0.540. The molecule has 3 rings (SSSR count). The van der Waals surface area contributed by atoms with E-state index >= 15 is 0 Å². The topological polar surface area (TPSA) is 52.0 Å². The third kappa shape index (κ3) is 2.42. The van der Waals surface area contributed by atoms with Crippen LogP contribution in [0.25, 0.3) is 22.6 Å². The Bertz CT molecular complexity index is 823. The minimum atomic E-state index is -4.48. The van der Waals surface area contributed by atoms with Crippen molar-refractivity contribution < 1.29 is 22.0 Å².